The van der Waals surface area contributed by atoms with Crippen LogP contribution < -0.4 is 9.47 Å². The number of benzene rings is 1. The van der Waals surface area contributed by atoms with Gasteiger partial charge in [-0.15, -0.1) is 24.9 Å². The quantitative estimate of drug-likeness (QED) is 0.721. The van der Waals surface area contributed by atoms with Crippen molar-refractivity contribution < 1.29 is 38.0 Å². The molecule has 27 heavy (non-hydrogen) atoms. The van der Waals surface area contributed by atoms with Crippen molar-refractivity contribution in [3.63, 3.8) is 0 Å². The molecule has 0 radical (unpaired) electrons. The molecule has 3 rings (SSSR count). The van der Waals surface area contributed by atoms with Crippen LogP contribution >= 0.6 is 11.8 Å². The predicted octanol–water partition coefficient (Wildman–Crippen LogP) is 2.18. The summed E-state index contributed by atoms with van der Waals surface area (Å²) in [5.74, 6) is 0.181. The summed E-state index contributed by atoms with van der Waals surface area (Å²) >= 11 is 1.15. The summed E-state index contributed by atoms with van der Waals surface area (Å²) in [6, 6.07) is 6.89. The first kappa shape index (κ1) is 19.7. The molecule has 1 fully saturated rings. The number of hydrogen-bond acceptors (Lipinski definition) is 7. The van der Waals surface area contributed by atoms with Crippen LogP contribution in [0.25, 0.3) is 11.1 Å². The number of aromatic nitrogens is 1. The van der Waals surface area contributed by atoms with Gasteiger partial charge in [-0.3, -0.25) is 4.98 Å². The standard InChI is InChI=1S/C17H16F3NO5S/c18-17(19,20)26-11-3-1-9(2-4-11)10-5-12(7-21-6-10)25-16-15(24)14(23)13(22)8-27-16/h1-7,13-16,22-24H,8H2/t13-,14+,15-,16+/m1/s1. The number of halogens is 3. The largest absolute Gasteiger partial charge is 0.573 e. The zero-order valence-electron chi connectivity index (χ0n) is 13.7. The van der Waals surface area contributed by atoms with Gasteiger partial charge in [0.15, 0.2) is 5.44 Å². The first-order valence-corrected chi connectivity index (χ1v) is 8.91. The Bertz CT molecular complexity index is 774. The fourth-order valence-electron chi connectivity index (χ4n) is 2.51. The number of ether oxygens (including phenoxy) is 2. The summed E-state index contributed by atoms with van der Waals surface area (Å²) in [6.07, 6.45) is -5.46. The van der Waals surface area contributed by atoms with E-state index < -0.39 is 30.1 Å². The van der Waals surface area contributed by atoms with Crippen molar-refractivity contribution in [3.8, 4) is 22.6 Å². The molecule has 0 aliphatic carbocycles. The molecule has 146 valence electrons. The minimum absolute atomic E-state index is 0.205. The van der Waals surface area contributed by atoms with Gasteiger partial charge in [0.25, 0.3) is 0 Å². The van der Waals surface area contributed by atoms with E-state index in [-0.39, 0.29) is 11.5 Å². The van der Waals surface area contributed by atoms with Gasteiger partial charge in [0.05, 0.1) is 12.3 Å². The number of hydrogen-bond donors (Lipinski definition) is 3. The van der Waals surface area contributed by atoms with Crippen molar-refractivity contribution in [2.24, 2.45) is 0 Å². The van der Waals surface area contributed by atoms with Crippen molar-refractivity contribution in [2.75, 3.05) is 5.75 Å². The third-order valence-electron chi connectivity index (χ3n) is 3.84. The molecule has 1 aliphatic heterocycles. The smallest absolute Gasteiger partial charge is 0.475 e. The number of rotatable bonds is 4. The van der Waals surface area contributed by atoms with Crippen molar-refractivity contribution in [1.29, 1.82) is 0 Å². The van der Waals surface area contributed by atoms with Gasteiger partial charge in [0, 0.05) is 17.5 Å². The highest BCUT2D eigenvalue weighted by Crippen LogP contribution is 2.31. The molecule has 1 saturated heterocycles. The van der Waals surface area contributed by atoms with Gasteiger partial charge in [0.2, 0.25) is 0 Å². The lowest BCUT2D eigenvalue weighted by molar-refractivity contribution is -0.274. The van der Waals surface area contributed by atoms with E-state index in [1.54, 1.807) is 6.07 Å². The Morgan fingerprint density at radius 1 is 0.963 bits per heavy atom. The number of alkyl halides is 3. The molecule has 0 saturated carbocycles. The molecule has 0 bridgehead atoms. The van der Waals surface area contributed by atoms with Crippen LogP contribution in [0.3, 0.4) is 0 Å². The topological polar surface area (TPSA) is 92.0 Å². The van der Waals surface area contributed by atoms with Gasteiger partial charge < -0.3 is 24.8 Å². The Morgan fingerprint density at radius 2 is 1.67 bits per heavy atom. The van der Waals surface area contributed by atoms with Crippen LogP contribution in [0.15, 0.2) is 42.7 Å². The van der Waals surface area contributed by atoms with Gasteiger partial charge in [0.1, 0.15) is 23.7 Å². The van der Waals surface area contributed by atoms with E-state index in [0.29, 0.717) is 16.9 Å². The third kappa shape index (κ3) is 5.04. The second-order valence-corrected chi connectivity index (χ2v) is 6.98. The third-order valence-corrected chi connectivity index (χ3v) is 5.08. The maximum absolute atomic E-state index is 12.2. The molecule has 2 heterocycles. The maximum atomic E-state index is 12.2. The molecule has 4 atom stereocenters. The SMILES string of the molecule is O[C@@H]1[C@@H](O)[C@@H](Oc2cncc(-c3ccc(OC(F)(F)F)cc3)c2)SC[C@H]1O. The molecule has 1 aliphatic rings. The van der Waals surface area contributed by atoms with E-state index >= 15 is 0 Å². The van der Waals surface area contributed by atoms with Gasteiger partial charge in [-0.1, -0.05) is 12.1 Å². The van der Waals surface area contributed by atoms with Gasteiger partial charge in [-0.05, 0) is 23.8 Å². The summed E-state index contributed by atoms with van der Waals surface area (Å²) in [7, 11) is 0. The van der Waals surface area contributed by atoms with Crippen LogP contribution in [0, 0.1) is 0 Å². The predicted molar refractivity (Wildman–Crippen MR) is 91.3 cm³/mol. The minimum Gasteiger partial charge on any atom is -0.475 e. The van der Waals surface area contributed by atoms with Crippen LogP contribution in [0.1, 0.15) is 0 Å². The Morgan fingerprint density at radius 3 is 2.33 bits per heavy atom. The van der Waals surface area contributed by atoms with E-state index in [1.165, 1.54) is 36.7 Å². The highest BCUT2D eigenvalue weighted by atomic mass is 32.2. The Labute approximate surface area is 156 Å². The summed E-state index contributed by atoms with van der Waals surface area (Å²) in [6.45, 7) is 0. The molecular weight excluding hydrogens is 387 g/mol. The number of pyridine rings is 1. The van der Waals surface area contributed by atoms with Crippen molar-refractivity contribution in [2.45, 2.75) is 30.1 Å². The lowest BCUT2D eigenvalue weighted by Gasteiger charge is -2.34. The van der Waals surface area contributed by atoms with Gasteiger partial charge in [-0.2, -0.15) is 0 Å². The maximum Gasteiger partial charge on any atom is 0.573 e. The Balaban J connectivity index is 1.72. The van der Waals surface area contributed by atoms with Crippen LogP contribution in [0.2, 0.25) is 0 Å². The van der Waals surface area contributed by atoms with Crippen LogP contribution in [0.4, 0.5) is 13.2 Å². The van der Waals surface area contributed by atoms with Gasteiger partial charge >= 0.3 is 6.36 Å². The first-order valence-electron chi connectivity index (χ1n) is 7.86. The summed E-state index contributed by atoms with van der Waals surface area (Å²) in [5.41, 5.74) is 0.389. The fraction of sp³-hybridized carbons (Fsp3) is 0.353. The van der Waals surface area contributed by atoms with E-state index in [1.807, 2.05) is 0 Å². The van der Waals surface area contributed by atoms with Crippen LogP contribution in [0.5, 0.6) is 11.5 Å². The average Bonchev–Trinajstić information content (AvgIpc) is 2.62. The molecule has 2 aromatic rings. The second-order valence-electron chi connectivity index (χ2n) is 5.85. The molecule has 3 N–H and O–H groups in total. The number of nitrogens with zero attached hydrogens (tertiary/aromatic N) is 1. The minimum atomic E-state index is -4.76. The van der Waals surface area contributed by atoms with E-state index in [4.69, 9.17) is 4.74 Å². The molecule has 1 aromatic heterocycles. The van der Waals surface area contributed by atoms with Crippen molar-refractivity contribution in [1.82, 2.24) is 4.98 Å². The van der Waals surface area contributed by atoms with Crippen LogP contribution in [-0.2, 0) is 0 Å². The first-order chi connectivity index (χ1) is 12.7. The van der Waals surface area contributed by atoms with Crippen molar-refractivity contribution >= 4 is 11.8 Å². The monoisotopic (exact) mass is 403 g/mol. The second kappa shape index (κ2) is 7.93. The number of thioether (sulfide) groups is 1. The Hall–Kier alpha value is -2.01. The molecular formula is C17H16F3NO5S. The summed E-state index contributed by atoms with van der Waals surface area (Å²) in [5, 5.41) is 29.3. The van der Waals surface area contributed by atoms with Gasteiger partial charge in [-0.25, -0.2) is 0 Å². The molecule has 1 aromatic carbocycles. The highest BCUT2D eigenvalue weighted by molar-refractivity contribution is 7.99. The zero-order valence-corrected chi connectivity index (χ0v) is 14.5. The van der Waals surface area contributed by atoms with E-state index in [2.05, 4.69) is 9.72 Å². The van der Waals surface area contributed by atoms with Crippen molar-refractivity contribution in [3.05, 3.63) is 42.7 Å². The Kier molecular flexibility index (Phi) is 5.80. The molecule has 10 heteroatoms. The molecule has 6 nitrogen and oxygen atoms in total. The summed E-state index contributed by atoms with van der Waals surface area (Å²) < 4.78 is 46.1. The zero-order chi connectivity index (χ0) is 19.6. The normalized spacial score (nSPS) is 25.9. The lowest BCUT2D eigenvalue weighted by atomic mass is 10.1. The fourth-order valence-corrected chi connectivity index (χ4v) is 3.63. The van der Waals surface area contributed by atoms with E-state index in [0.717, 1.165) is 11.8 Å². The molecule has 0 amide bonds. The number of aliphatic hydroxyl groups is 3. The number of aliphatic hydroxyl groups excluding tert-OH is 3. The molecule has 0 spiro atoms. The molecule has 0 unspecified atom stereocenters. The lowest BCUT2D eigenvalue weighted by Crippen LogP contribution is -2.50. The highest BCUT2D eigenvalue weighted by Gasteiger charge is 2.38. The van der Waals surface area contributed by atoms with E-state index in [9.17, 15) is 28.5 Å². The van der Waals surface area contributed by atoms with Crippen LogP contribution in [-0.4, -0.2) is 56.2 Å². The average molecular weight is 403 g/mol. The summed E-state index contributed by atoms with van der Waals surface area (Å²) in [4.78, 5) is 4.03.